The first-order valence-electron chi connectivity index (χ1n) is 25.1. The van der Waals surface area contributed by atoms with Crippen LogP contribution >= 0.6 is 0 Å². The van der Waals surface area contributed by atoms with Crippen molar-refractivity contribution in [1.29, 1.82) is 0 Å². The quantitative estimate of drug-likeness (QED) is 0.111. The first-order valence-corrected chi connectivity index (χ1v) is 25.1. The molecule has 0 spiro atoms. The highest BCUT2D eigenvalue weighted by molar-refractivity contribution is 5.98. The topological polar surface area (TPSA) is 270 Å². The fourth-order valence-electron chi connectivity index (χ4n) is 7.84. The number of amides is 6. The number of nitrogens with zero attached hydrogens (tertiary/aromatic N) is 2. The molecule has 3 atom stereocenters. The largest absolute Gasteiger partial charge is 0.444 e. The minimum absolute atomic E-state index is 0.0326. The molecule has 74 heavy (non-hydrogen) atoms. The van der Waals surface area contributed by atoms with Gasteiger partial charge in [0.15, 0.2) is 0 Å². The maximum atomic E-state index is 14.1. The molecule has 1 fully saturated rings. The lowest BCUT2D eigenvalue weighted by molar-refractivity contribution is -0.153. The van der Waals surface area contributed by atoms with Gasteiger partial charge in [0.2, 0.25) is 11.8 Å². The average Bonchev–Trinajstić information content (AvgIpc) is 3.82. The summed E-state index contributed by atoms with van der Waals surface area (Å²) in [5, 5.41) is 25.1. The Morgan fingerprint density at radius 1 is 0.689 bits per heavy atom. The second kappa shape index (κ2) is 29.0. The van der Waals surface area contributed by atoms with Gasteiger partial charge in [0.25, 0.3) is 23.3 Å². The molecule has 5 aliphatic heterocycles. The Morgan fingerprint density at radius 3 is 2.00 bits per heavy atom. The number of carbonyl (C=O) groups excluding carboxylic acids is 6. The molecule has 400 valence electrons. The molecule has 5 aliphatic rings. The molecular formula is C52H70N10O12. The molecule has 6 amide bonds. The van der Waals surface area contributed by atoms with Crippen LogP contribution in [-0.4, -0.2) is 148 Å². The van der Waals surface area contributed by atoms with Gasteiger partial charge < -0.3 is 61.6 Å². The number of benzene rings is 2. The van der Waals surface area contributed by atoms with Gasteiger partial charge in [-0.1, -0.05) is 60.7 Å². The Labute approximate surface area is 430 Å². The van der Waals surface area contributed by atoms with Gasteiger partial charge in [-0.15, -0.1) is 4.73 Å². The van der Waals surface area contributed by atoms with E-state index >= 15 is 0 Å². The number of alkyl carbamates (subject to hydrolysis) is 1. The number of fused-ring (bicyclic) bond motifs is 2. The molecular weight excluding hydrogens is 957 g/mol. The van der Waals surface area contributed by atoms with E-state index in [0.717, 1.165) is 10.3 Å². The van der Waals surface area contributed by atoms with E-state index < -0.39 is 53.1 Å². The second-order valence-corrected chi connectivity index (χ2v) is 18.7. The minimum Gasteiger partial charge on any atom is -0.444 e. The van der Waals surface area contributed by atoms with Gasteiger partial charge in [0.05, 0.1) is 57.7 Å². The normalized spacial score (nSPS) is 19.9. The number of hydrogen-bond donors (Lipinski definition) is 8. The maximum absolute atomic E-state index is 14.1. The maximum Gasteiger partial charge on any atom is 0.407 e. The second-order valence-electron chi connectivity index (χ2n) is 18.7. The van der Waals surface area contributed by atoms with E-state index in [2.05, 4.69) is 42.5 Å². The third-order valence-electron chi connectivity index (χ3n) is 11.7. The fraction of sp³-hybridized carbons (Fsp3) is 0.481. The van der Waals surface area contributed by atoms with Crippen molar-refractivity contribution < 1.29 is 52.7 Å². The zero-order chi connectivity index (χ0) is 52.7. The van der Waals surface area contributed by atoms with Crippen LogP contribution in [0.3, 0.4) is 0 Å². The fourth-order valence-corrected chi connectivity index (χ4v) is 7.84. The molecule has 8 N–H and O–H groups in total. The SMILES string of the molecule is CC(C)(C)OC(=O)NCCOCCNC(=O)C1CCCNCCCNC(=O)C2=CC=C(C(=O)N[C@@H]3COC[C@@H]3NC(=O)c3ccc(c(=O)n3OCc3ccccc3)C(=O)NCCCN1)N(OCc1ccccc1)C2. The summed E-state index contributed by atoms with van der Waals surface area (Å²) in [6.45, 7) is 8.35. The van der Waals surface area contributed by atoms with Crippen LogP contribution < -0.4 is 52.9 Å². The van der Waals surface area contributed by atoms with Crippen molar-refractivity contribution in [3.8, 4) is 0 Å². The third kappa shape index (κ3) is 18.1. The lowest BCUT2D eigenvalue weighted by Gasteiger charge is -2.30. The first kappa shape index (κ1) is 56.2. The Bertz CT molecular complexity index is 2480. The highest BCUT2D eigenvalue weighted by Crippen LogP contribution is 2.19. The monoisotopic (exact) mass is 1030 g/mol. The van der Waals surface area contributed by atoms with Crippen LogP contribution in [0.5, 0.6) is 0 Å². The average molecular weight is 1030 g/mol. The lowest BCUT2D eigenvalue weighted by Crippen LogP contribution is -2.53. The van der Waals surface area contributed by atoms with E-state index in [1.165, 1.54) is 23.3 Å². The summed E-state index contributed by atoms with van der Waals surface area (Å²) in [4.78, 5) is 107. The Morgan fingerprint density at radius 2 is 1.31 bits per heavy atom. The van der Waals surface area contributed by atoms with Crippen LogP contribution in [0, 0.1) is 0 Å². The number of allylic oxidation sites excluding steroid dienone is 2. The molecule has 1 saturated heterocycles. The van der Waals surface area contributed by atoms with E-state index in [9.17, 15) is 33.6 Å². The minimum atomic E-state index is -0.869. The van der Waals surface area contributed by atoms with Gasteiger partial charge in [0, 0.05) is 31.8 Å². The van der Waals surface area contributed by atoms with Crippen molar-refractivity contribution in [2.45, 2.75) is 83.4 Å². The number of ether oxygens (including phenoxy) is 3. The van der Waals surface area contributed by atoms with Crippen molar-refractivity contribution in [1.82, 2.24) is 52.3 Å². The summed E-state index contributed by atoms with van der Waals surface area (Å²) in [6.07, 6.45) is 4.68. The van der Waals surface area contributed by atoms with Crippen LogP contribution in [0.25, 0.3) is 0 Å². The van der Waals surface area contributed by atoms with Crippen LogP contribution in [0.1, 0.15) is 78.4 Å². The number of rotatable bonds is 13. The summed E-state index contributed by atoms with van der Waals surface area (Å²) in [5.74, 6) is -2.50. The number of aromatic nitrogens is 1. The highest BCUT2D eigenvalue weighted by Gasteiger charge is 2.35. The van der Waals surface area contributed by atoms with Crippen LogP contribution in [0.15, 0.2) is 101 Å². The van der Waals surface area contributed by atoms with Gasteiger partial charge in [-0.2, -0.15) is 0 Å². The summed E-state index contributed by atoms with van der Waals surface area (Å²) in [6, 6.07) is 18.9. The number of hydrogen-bond acceptors (Lipinski definition) is 15. The van der Waals surface area contributed by atoms with Crippen LogP contribution in [0.4, 0.5) is 4.79 Å². The van der Waals surface area contributed by atoms with Gasteiger partial charge >= 0.3 is 6.09 Å². The predicted octanol–water partition coefficient (Wildman–Crippen LogP) is 0.974. The Balaban J connectivity index is 1.15. The van der Waals surface area contributed by atoms with Crippen molar-refractivity contribution in [3.05, 3.63) is 129 Å². The molecule has 3 aromatic rings. The van der Waals surface area contributed by atoms with E-state index in [-0.39, 0.29) is 94.6 Å². The van der Waals surface area contributed by atoms with E-state index in [0.29, 0.717) is 63.0 Å². The molecule has 8 rings (SSSR count). The molecule has 0 saturated carbocycles. The van der Waals surface area contributed by atoms with Gasteiger partial charge in [-0.3, -0.25) is 33.6 Å². The molecule has 22 heteroatoms. The molecule has 1 aromatic heterocycles. The highest BCUT2D eigenvalue weighted by atomic mass is 16.7. The number of pyridine rings is 1. The standard InChI is InChI=1S/C52H70N10O12/c1-52(2,3)74-51(69)58-28-30-70-29-27-57-47(65)40-17-10-22-53-23-11-25-55-45(63)38-18-20-43(61(31-38)72-32-36-13-6-4-7-14-36)48(66)59-41-34-71-35-42(41)60-49(67)44-21-19-39(46(64)56-26-12-24-54-40)50(68)62(44)73-33-37-15-8-5-9-16-37/h4-9,13-16,18-21,40-42,53-54H,10-12,17,22-35H2,1-3H3,(H,55,63)(H,56,64)(H,57,65)(H,58,69)(H,59,66)(H,60,67)/t40?,41-,42+/m1/s1. The lowest BCUT2D eigenvalue weighted by atomic mass is 10.1. The molecule has 1 unspecified atom stereocenters. The summed E-state index contributed by atoms with van der Waals surface area (Å²) in [5.41, 5.74) is 0.0904. The van der Waals surface area contributed by atoms with Gasteiger partial charge in [0.1, 0.15) is 29.2 Å². The third-order valence-corrected chi connectivity index (χ3v) is 11.7. The molecule has 6 heterocycles. The van der Waals surface area contributed by atoms with E-state index in [4.69, 9.17) is 23.9 Å². The van der Waals surface area contributed by atoms with E-state index in [1.807, 2.05) is 36.4 Å². The van der Waals surface area contributed by atoms with Crippen molar-refractivity contribution in [2.24, 2.45) is 0 Å². The van der Waals surface area contributed by atoms with Crippen LogP contribution in [-0.2, 0) is 46.6 Å². The van der Waals surface area contributed by atoms with Gasteiger partial charge in [-0.25, -0.2) is 9.86 Å². The van der Waals surface area contributed by atoms with E-state index in [1.54, 1.807) is 51.1 Å². The molecule has 22 nitrogen and oxygen atoms in total. The molecule has 0 aliphatic carbocycles. The summed E-state index contributed by atoms with van der Waals surface area (Å²) >= 11 is 0. The van der Waals surface area contributed by atoms with Gasteiger partial charge in [-0.05, 0) is 102 Å². The first-order chi connectivity index (χ1) is 35.8. The Kier molecular flexibility index (Phi) is 22.0. The van der Waals surface area contributed by atoms with Crippen LogP contribution in [0.2, 0.25) is 0 Å². The zero-order valence-electron chi connectivity index (χ0n) is 42.3. The summed E-state index contributed by atoms with van der Waals surface area (Å²) in [7, 11) is 0. The summed E-state index contributed by atoms with van der Waals surface area (Å²) < 4.78 is 17.3. The molecule has 0 radical (unpaired) electrons. The Hall–Kier alpha value is -7.11. The van der Waals surface area contributed by atoms with Crippen molar-refractivity contribution in [3.63, 3.8) is 0 Å². The number of hydroxylamine groups is 2. The molecule has 4 bridgehead atoms. The van der Waals surface area contributed by atoms with Crippen molar-refractivity contribution in [2.75, 3.05) is 78.8 Å². The number of carbonyl (C=O) groups is 6. The zero-order valence-corrected chi connectivity index (χ0v) is 42.3. The van der Waals surface area contributed by atoms with Crippen molar-refractivity contribution >= 4 is 35.6 Å². The predicted molar refractivity (Wildman–Crippen MR) is 272 cm³/mol. The smallest absolute Gasteiger partial charge is 0.407 e. The number of nitrogens with one attached hydrogen (secondary N) is 8. The molecule has 2 aromatic carbocycles.